The zero-order chi connectivity index (χ0) is 18.8. The molecule has 0 unspecified atom stereocenters. The molecule has 0 bridgehead atoms. The number of hydrogen-bond acceptors (Lipinski definition) is 3. The van der Waals surface area contributed by atoms with E-state index >= 15 is 0 Å². The Morgan fingerprint density at radius 3 is 1.93 bits per heavy atom. The molecule has 3 aromatic rings. The second kappa shape index (κ2) is 7.08. The van der Waals surface area contributed by atoms with Crippen molar-refractivity contribution < 1.29 is 14.3 Å². The van der Waals surface area contributed by atoms with E-state index in [1.54, 1.807) is 24.3 Å². The van der Waals surface area contributed by atoms with Crippen LogP contribution in [-0.2, 0) is 17.8 Å². The van der Waals surface area contributed by atoms with Gasteiger partial charge >= 0.3 is 5.97 Å². The Labute approximate surface area is 158 Å². The maximum atomic E-state index is 13.2. The summed E-state index contributed by atoms with van der Waals surface area (Å²) in [4.78, 5) is 26.8. The number of methoxy groups -OCH3 is 1. The van der Waals surface area contributed by atoms with Crippen molar-refractivity contribution >= 4 is 11.9 Å². The largest absolute Gasteiger partial charge is 0.465 e. The summed E-state index contributed by atoms with van der Waals surface area (Å²) < 4.78 is 4.77. The predicted octanol–water partition coefficient (Wildman–Crippen LogP) is 4.30. The molecule has 0 N–H and O–H groups in total. The highest BCUT2D eigenvalue weighted by atomic mass is 16.5. The Hall–Kier alpha value is -3.40. The van der Waals surface area contributed by atoms with Crippen LogP contribution in [0.2, 0.25) is 0 Å². The minimum atomic E-state index is -0.448. The lowest BCUT2D eigenvalue weighted by molar-refractivity contribution is 0.0600. The van der Waals surface area contributed by atoms with Crippen LogP contribution in [0, 0.1) is 0 Å². The lowest BCUT2D eigenvalue weighted by atomic mass is 9.97. The average Bonchev–Trinajstić information content (AvgIpc) is 2.89. The van der Waals surface area contributed by atoms with Crippen molar-refractivity contribution in [2.24, 2.45) is 0 Å². The molecule has 0 fully saturated rings. The van der Waals surface area contributed by atoms with Crippen LogP contribution in [0.1, 0.15) is 31.8 Å². The van der Waals surface area contributed by atoms with Crippen molar-refractivity contribution in [3.8, 4) is 11.1 Å². The van der Waals surface area contributed by atoms with Gasteiger partial charge in [0.25, 0.3) is 5.91 Å². The van der Waals surface area contributed by atoms with E-state index in [2.05, 4.69) is 24.3 Å². The number of carbonyl (C=O) groups excluding carboxylic acids is 2. The monoisotopic (exact) mass is 357 g/mol. The number of esters is 1. The molecule has 0 spiro atoms. The van der Waals surface area contributed by atoms with Gasteiger partial charge in [0, 0.05) is 18.7 Å². The molecule has 0 aliphatic carbocycles. The van der Waals surface area contributed by atoms with Crippen LogP contribution in [0.5, 0.6) is 0 Å². The average molecular weight is 357 g/mol. The highest BCUT2D eigenvalue weighted by Gasteiger charge is 2.23. The van der Waals surface area contributed by atoms with Crippen molar-refractivity contribution in [1.82, 2.24) is 4.90 Å². The standard InChI is InChI=1S/C23H19NO3/c1-27-23(26)17-10-6-9-16(13-17)22(25)24-14-18-7-2-4-11-20(18)21-12-5-3-8-19(21)15-24/h2-13H,14-15H2,1H3. The smallest absolute Gasteiger partial charge is 0.337 e. The molecule has 134 valence electrons. The van der Waals surface area contributed by atoms with Crippen molar-refractivity contribution in [3.63, 3.8) is 0 Å². The predicted molar refractivity (Wildman–Crippen MR) is 103 cm³/mol. The van der Waals surface area contributed by atoms with Gasteiger partial charge in [0.05, 0.1) is 12.7 Å². The van der Waals surface area contributed by atoms with Gasteiger partial charge in [-0.3, -0.25) is 4.79 Å². The second-order valence-corrected chi connectivity index (χ2v) is 6.55. The van der Waals surface area contributed by atoms with E-state index in [-0.39, 0.29) is 5.91 Å². The van der Waals surface area contributed by atoms with Crippen LogP contribution in [0.4, 0.5) is 0 Å². The lowest BCUT2D eigenvalue weighted by Gasteiger charge is -2.22. The molecule has 1 aliphatic rings. The molecular weight excluding hydrogens is 338 g/mol. The highest BCUT2D eigenvalue weighted by molar-refractivity contribution is 5.98. The first-order valence-corrected chi connectivity index (χ1v) is 8.81. The molecule has 0 saturated heterocycles. The number of amides is 1. The summed E-state index contributed by atoms with van der Waals surface area (Å²) >= 11 is 0. The summed E-state index contributed by atoms with van der Waals surface area (Å²) in [5, 5.41) is 0. The van der Waals surface area contributed by atoms with Gasteiger partial charge in [0.2, 0.25) is 0 Å². The minimum Gasteiger partial charge on any atom is -0.465 e. The molecule has 1 amide bonds. The topological polar surface area (TPSA) is 46.6 Å². The number of carbonyl (C=O) groups is 2. The Morgan fingerprint density at radius 2 is 1.33 bits per heavy atom. The molecular formula is C23H19NO3. The van der Waals surface area contributed by atoms with Crippen molar-refractivity contribution in [1.29, 1.82) is 0 Å². The molecule has 27 heavy (non-hydrogen) atoms. The molecule has 0 saturated carbocycles. The summed E-state index contributed by atoms with van der Waals surface area (Å²) in [7, 11) is 1.33. The van der Waals surface area contributed by atoms with Gasteiger partial charge in [-0.25, -0.2) is 4.79 Å². The van der Waals surface area contributed by atoms with Crippen LogP contribution in [0.25, 0.3) is 11.1 Å². The second-order valence-electron chi connectivity index (χ2n) is 6.55. The molecule has 4 rings (SSSR count). The Balaban J connectivity index is 1.73. The summed E-state index contributed by atoms with van der Waals surface area (Å²) in [6.07, 6.45) is 0. The summed E-state index contributed by atoms with van der Waals surface area (Å²) in [6.45, 7) is 1.04. The van der Waals surface area contributed by atoms with Crippen molar-refractivity contribution in [2.45, 2.75) is 13.1 Å². The van der Waals surface area contributed by atoms with Crippen molar-refractivity contribution in [3.05, 3.63) is 95.1 Å². The highest BCUT2D eigenvalue weighted by Crippen LogP contribution is 2.32. The molecule has 1 heterocycles. The van der Waals surface area contributed by atoms with Crippen LogP contribution < -0.4 is 0 Å². The summed E-state index contributed by atoms with van der Waals surface area (Å²) in [6, 6.07) is 23.0. The van der Waals surface area contributed by atoms with E-state index < -0.39 is 5.97 Å². The number of fused-ring (bicyclic) bond motifs is 3. The first-order valence-electron chi connectivity index (χ1n) is 8.81. The SMILES string of the molecule is COC(=O)c1cccc(C(=O)N2Cc3ccccc3-c3ccccc3C2)c1. The molecule has 4 nitrogen and oxygen atoms in total. The number of ether oxygens (including phenoxy) is 1. The third-order valence-corrected chi connectivity index (χ3v) is 4.87. The van der Waals surface area contributed by atoms with Crippen LogP contribution >= 0.6 is 0 Å². The van der Waals surface area contributed by atoms with Crippen molar-refractivity contribution in [2.75, 3.05) is 7.11 Å². The van der Waals surface area contributed by atoms with Gasteiger partial charge in [0.15, 0.2) is 0 Å². The van der Waals surface area contributed by atoms with Gasteiger partial charge in [-0.2, -0.15) is 0 Å². The van der Waals surface area contributed by atoms with Crippen LogP contribution in [0.3, 0.4) is 0 Å². The maximum Gasteiger partial charge on any atom is 0.337 e. The molecule has 4 heteroatoms. The van der Waals surface area contributed by atoms with E-state index in [9.17, 15) is 9.59 Å². The normalized spacial score (nSPS) is 12.6. The third-order valence-electron chi connectivity index (χ3n) is 4.87. The first kappa shape index (κ1) is 17.0. The Bertz CT molecular complexity index is 978. The number of nitrogens with zero attached hydrogens (tertiary/aromatic N) is 1. The van der Waals surface area contributed by atoms with Gasteiger partial charge in [0.1, 0.15) is 0 Å². The summed E-state index contributed by atoms with van der Waals surface area (Å²) in [5.74, 6) is -0.552. The van der Waals surface area contributed by atoms with E-state index in [1.165, 1.54) is 7.11 Å². The van der Waals surface area contributed by atoms with Gasteiger partial charge in [-0.1, -0.05) is 54.6 Å². The van der Waals surface area contributed by atoms with E-state index in [0.29, 0.717) is 24.2 Å². The fraction of sp³-hybridized carbons (Fsp3) is 0.130. The fourth-order valence-electron chi connectivity index (χ4n) is 3.53. The Morgan fingerprint density at radius 1 is 0.778 bits per heavy atom. The molecule has 0 radical (unpaired) electrons. The van der Waals surface area contributed by atoms with Gasteiger partial charge in [-0.05, 0) is 40.5 Å². The summed E-state index contributed by atoms with van der Waals surface area (Å²) in [5.41, 5.74) is 5.40. The molecule has 0 atom stereocenters. The lowest BCUT2D eigenvalue weighted by Crippen LogP contribution is -2.29. The zero-order valence-electron chi connectivity index (χ0n) is 15.0. The van der Waals surface area contributed by atoms with E-state index in [4.69, 9.17) is 4.74 Å². The molecule has 1 aliphatic heterocycles. The van der Waals surface area contributed by atoms with Crippen LogP contribution in [0.15, 0.2) is 72.8 Å². The number of benzene rings is 3. The zero-order valence-corrected chi connectivity index (χ0v) is 15.0. The van der Waals surface area contributed by atoms with E-state index in [1.807, 2.05) is 29.2 Å². The third kappa shape index (κ3) is 3.22. The van der Waals surface area contributed by atoms with Gasteiger partial charge < -0.3 is 9.64 Å². The van der Waals surface area contributed by atoms with E-state index in [0.717, 1.165) is 22.3 Å². The number of hydrogen-bond donors (Lipinski definition) is 0. The minimum absolute atomic E-state index is 0.104. The molecule has 0 aromatic heterocycles. The molecule has 3 aromatic carbocycles. The fourth-order valence-corrected chi connectivity index (χ4v) is 3.53. The maximum absolute atomic E-state index is 13.2. The van der Waals surface area contributed by atoms with Crippen LogP contribution in [-0.4, -0.2) is 23.9 Å². The Kier molecular flexibility index (Phi) is 4.47. The first-order chi connectivity index (χ1) is 13.2. The van der Waals surface area contributed by atoms with Gasteiger partial charge in [-0.15, -0.1) is 0 Å². The number of rotatable bonds is 2. The quantitative estimate of drug-likeness (QED) is 0.643.